The summed E-state index contributed by atoms with van der Waals surface area (Å²) in [7, 11) is 0. The van der Waals surface area contributed by atoms with E-state index in [2.05, 4.69) is 167 Å². The maximum absolute atomic E-state index is 8.74. The number of allylic oxidation sites excluding steroid dienone is 5. The Labute approximate surface area is 382 Å². The molecule has 0 saturated carbocycles. The zero-order valence-corrected chi connectivity index (χ0v) is 36.2. The molecule has 2 N–H and O–H groups in total. The standard InChI is InChI=1S/C59H43N7/c1-3-39(42-23-18-24-43(35-42)59-63-57(40-19-8-5-9-20-40)62-58(64-59)41-21-10-6-11-22-41)36-45(4-2)65-53-29-16-15-28-48(53)50-37-44(31-34-55(50)65)61-52-33-32-49-47-27-14-17-30-54(47)66(56(49)51(52)38-60)46-25-12-7-13-26-46/h3-38,60-61H,2H2,1H3/b39-3+,45-36+,60-38?. The van der Waals surface area contributed by atoms with Crippen LogP contribution in [0.2, 0.25) is 0 Å². The van der Waals surface area contributed by atoms with Gasteiger partial charge in [-0.05, 0) is 84.8 Å². The van der Waals surface area contributed by atoms with E-state index in [4.69, 9.17) is 20.4 Å². The smallest absolute Gasteiger partial charge is 0.164 e. The molecule has 11 aromatic rings. The molecule has 8 aromatic carbocycles. The highest BCUT2D eigenvalue weighted by molar-refractivity contribution is 6.17. The molecule has 0 aliphatic rings. The number of hydrogen-bond donors (Lipinski definition) is 2. The van der Waals surface area contributed by atoms with Crippen LogP contribution in [0, 0.1) is 5.41 Å². The Morgan fingerprint density at radius 3 is 1.77 bits per heavy atom. The molecule has 7 heteroatoms. The molecular weight excluding hydrogens is 807 g/mol. The maximum atomic E-state index is 8.74. The van der Waals surface area contributed by atoms with Crippen LogP contribution in [-0.2, 0) is 0 Å². The predicted octanol–water partition coefficient (Wildman–Crippen LogP) is 14.9. The fraction of sp³-hybridized carbons (Fsp3) is 0.0169. The van der Waals surface area contributed by atoms with E-state index in [1.54, 1.807) is 0 Å². The van der Waals surface area contributed by atoms with Crippen molar-refractivity contribution in [3.63, 3.8) is 0 Å². The van der Waals surface area contributed by atoms with E-state index in [0.717, 1.165) is 99.8 Å². The molecule has 7 nitrogen and oxygen atoms in total. The van der Waals surface area contributed by atoms with Crippen LogP contribution in [0.3, 0.4) is 0 Å². The van der Waals surface area contributed by atoms with E-state index >= 15 is 0 Å². The van der Waals surface area contributed by atoms with E-state index in [1.807, 2.05) is 72.8 Å². The van der Waals surface area contributed by atoms with Gasteiger partial charge in [-0.2, -0.15) is 0 Å². The summed E-state index contributed by atoms with van der Waals surface area (Å²) >= 11 is 0. The van der Waals surface area contributed by atoms with Gasteiger partial charge in [0.2, 0.25) is 0 Å². The largest absolute Gasteiger partial charge is 0.355 e. The summed E-state index contributed by atoms with van der Waals surface area (Å²) in [6.45, 7) is 6.40. The van der Waals surface area contributed by atoms with Gasteiger partial charge in [0.05, 0.1) is 22.1 Å². The normalized spacial score (nSPS) is 12.0. The minimum absolute atomic E-state index is 0.603. The maximum Gasteiger partial charge on any atom is 0.164 e. The highest BCUT2D eigenvalue weighted by atomic mass is 15.0. The second-order valence-corrected chi connectivity index (χ2v) is 16.1. The molecule has 0 unspecified atom stereocenters. The second kappa shape index (κ2) is 17.0. The Balaban J connectivity index is 0.978. The van der Waals surface area contributed by atoms with Gasteiger partial charge in [0.15, 0.2) is 17.5 Å². The van der Waals surface area contributed by atoms with E-state index in [1.165, 1.54) is 6.21 Å². The average Bonchev–Trinajstić information content (AvgIpc) is 3.90. The summed E-state index contributed by atoms with van der Waals surface area (Å²) in [5, 5.41) is 16.9. The van der Waals surface area contributed by atoms with Crippen LogP contribution in [0.4, 0.5) is 11.4 Å². The molecule has 0 amide bonds. The second-order valence-electron chi connectivity index (χ2n) is 16.1. The summed E-state index contributed by atoms with van der Waals surface area (Å²) in [4.78, 5) is 14.9. The Morgan fingerprint density at radius 1 is 0.545 bits per heavy atom. The Morgan fingerprint density at radius 2 is 1.12 bits per heavy atom. The fourth-order valence-electron chi connectivity index (χ4n) is 9.15. The molecule has 3 heterocycles. The van der Waals surface area contributed by atoms with Crippen molar-refractivity contribution in [3.8, 4) is 39.9 Å². The minimum Gasteiger partial charge on any atom is -0.355 e. The molecule has 66 heavy (non-hydrogen) atoms. The van der Waals surface area contributed by atoms with Gasteiger partial charge in [0, 0.05) is 72.8 Å². The predicted molar refractivity (Wildman–Crippen MR) is 276 cm³/mol. The van der Waals surface area contributed by atoms with Crippen LogP contribution < -0.4 is 5.32 Å². The Hall–Kier alpha value is -8.94. The lowest BCUT2D eigenvalue weighted by molar-refractivity contribution is 1.07. The van der Waals surface area contributed by atoms with Crippen LogP contribution in [0.5, 0.6) is 0 Å². The average molecular weight is 850 g/mol. The SMILES string of the molecule is C=C/C(=C\C(=C/C)c1cccc(-c2nc(-c3ccccc3)nc(-c3ccccc3)n2)c1)n1c2ccccc2c2cc(Nc3ccc4c5ccccc5n(-c5ccccc5)c4c3C=N)ccc21. The van der Waals surface area contributed by atoms with Crippen molar-refractivity contribution >= 4 is 72.5 Å². The van der Waals surface area contributed by atoms with Crippen molar-refractivity contribution < 1.29 is 0 Å². The van der Waals surface area contributed by atoms with Crippen molar-refractivity contribution in [1.29, 1.82) is 5.41 Å². The number of rotatable bonds is 11. The van der Waals surface area contributed by atoms with Crippen molar-refractivity contribution in [2.24, 2.45) is 0 Å². The molecule has 0 aliphatic heterocycles. The number of hydrogen-bond acceptors (Lipinski definition) is 5. The topological polar surface area (TPSA) is 84.4 Å². The van der Waals surface area contributed by atoms with Gasteiger partial charge in [0.1, 0.15) is 0 Å². The van der Waals surface area contributed by atoms with Crippen LogP contribution in [0.25, 0.3) is 94.7 Å². The van der Waals surface area contributed by atoms with E-state index < -0.39 is 0 Å². The molecule has 3 aromatic heterocycles. The molecular formula is C59H43N7. The molecule has 0 aliphatic carbocycles. The Kier molecular flexibility index (Phi) is 10.3. The first-order chi connectivity index (χ1) is 32.6. The highest BCUT2D eigenvalue weighted by Crippen LogP contribution is 2.39. The van der Waals surface area contributed by atoms with Gasteiger partial charge < -0.3 is 19.9 Å². The van der Waals surface area contributed by atoms with E-state index in [-0.39, 0.29) is 0 Å². The van der Waals surface area contributed by atoms with Gasteiger partial charge >= 0.3 is 0 Å². The third kappa shape index (κ3) is 7.05. The molecule has 0 atom stereocenters. The summed E-state index contributed by atoms with van der Waals surface area (Å²) in [5.74, 6) is 1.85. The third-order valence-electron chi connectivity index (χ3n) is 12.2. The van der Waals surface area contributed by atoms with Crippen LogP contribution in [0.1, 0.15) is 18.1 Å². The van der Waals surface area contributed by atoms with Gasteiger partial charge in [0.25, 0.3) is 0 Å². The van der Waals surface area contributed by atoms with Crippen LogP contribution >= 0.6 is 0 Å². The lowest BCUT2D eigenvalue weighted by atomic mass is 10.0. The number of nitrogens with one attached hydrogen (secondary N) is 2. The van der Waals surface area contributed by atoms with E-state index in [0.29, 0.717) is 17.5 Å². The highest BCUT2D eigenvalue weighted by Gasteiger charge is 2.19. The Bertz CT molecular complexity index is 3650. The fourth-order valence-corrected chi connectivity index (χ4v) is 9.15. The molecule has 0 bridgehead atoms. The monoisotopic (exact) mass is 849 g/mol. The summed E-state index contributed by atoms with van der Waals surface area (Å²) in [5.41, 5.74) is 13.6. The quantitative estimate of drug-likeness (QED) is 0.100. The first-order valence-corrected chi connectivity index (χ1v) is 22.0. The first-order valence-electron chi connectivity index (χ1n) is 22.0. The number of aromatic nitrogens is 5. The van der Waals surface area contributed by atoms with Crippen molar-refractivity contribution in [2.45, 2.75) is 6.92 Å². The first kappa shape index (κ1) is 39.9. The summed E-state index contributed by atoms with van der Waals surface area (Å²) in [6, 6.07) is 66.6. The number of para-hydroxylation sites is 3. The van der Waals surface area contributed by atoms with Crippen LogP contribution in [-0.4, -0.2) is 30.3 Å². The minimum atomic E-state index is 0.603. The molecule has 0 fully saturated rings. The summed E-state index contributed by atoms with van der Waals surface area (Å²) < 4.78 is 4.55. The molecule has 11 rings (SSSR count). The molecule has 314 valence electrons. The zero-order chi connectivity index (χ0) is 44.6. The van der Waals surface area contributed by atoms with Gasteiger partial charge in [-0.3, -0.25) is 0 Å². The van der Waals surface area contributed by atoms with E-state index in [9.17, 15) is 0 Å². The van der Waals surface area contributed by atoms with Crippen LogP contribution in [0.15, 0.2) is 219 Å². The molecule has 0 spiro atoms. The lowest BCUT2D eigenvalue weighted by Gasteiger charge is -2.15. The number of anilines is 2. The van der Waals surface area contributed by atoms with Crippen molar-refractivity contribution in [2.75, 3.05) is 5.32 Å². The van der Waals surface area contributed by atoms with Gasteiger partial charge in [-0.25, -0.2) is 15.0 Å². The zero-order valence-electron chi connectivity index (χ0n) is 36.2. The van der Waals surface area contributed by atoms with Gasteiger partial charge in [-0.15, -0.1) is 0 Å². The third-order valence-corrected chi connectivity index (χ3v) is 12.2. The van der Waals surface area contributed by atoms with Gasteiger partial charge in [-0.1, -0.05) is 152 Å². The number of nitrogens with zero attached hydrogens (tertiary/aromatic N) is 5. The number of benzene rings is 8. The number of fused-ring (bicyclic) bond motifs is 6. The molecule has 0 radical (unpaired) electrons. The van der Waals surface area contributed by atoms with Crippen molar-refractivity contribution in [3.05, 3.63) is 230 Å². The summed E-state index contributed by atoms with van der Waals surface area (Å²) in [6.07, 6.45) is 7.72. The van der Waals surface area contributed by atoms with Crippen molar-refractivity contribution in [1.82, 2.24) is 24.1 Å². The molecule has 0 saturated heterocycles. The lowest BCUT2D eigenvalue weighted by Crippen LogP contribution is -2.01.